The SMILES string of the molecule is CO[C@@H]1COCC[C@H]1NC(=O)c1ccccc1C(C)=O. The van der Waals surface area contributed by atoms with Crippen LogP contribution in [0.15, 0.2) is 24.3 Å². The third-order valence-corrected chi connectivity index (χ3v) is 3.47. The number of carbonyl (C=O) groups is 2. The number of rotatable bonds is 4. The zero-order valence-electron chi connectivity index (χ0n) is 11.7. The van der Waals surface area contributed by atoms with Gasteiger partial charge >= 0.3 is 0 Å². The first-order chi connectivity index (χ1) is 9.63. The minimum Gasteiger partial charge on any atom is -0.379 e. The number of hydrogen-bond acceptors (Lipinski definition) is 4. The van der Waals surface area contributed by atoms with E-state index in [2.05, 4.69) is 5.32 Å². The van der Waals surface area contributed by atoms with Crippen LogP contribution >= 0.6 is 0 Å². The summed E-state index contributed by atoms with van der Waals surface area (Å²) in [6.45, 7) is 2.52. The fourth-order valence-electron chi connectivity index (χ4n) is 2.34. The van der Waals surface area contributed by atoms with Crippen LogP contribution in [0.5, 0.6) is 0 Å². The topological polar surface area (TPSA) is 64.6 Å². The van der Waals surface area contributed by atoms with E-state index in [-0.39, 0.29) is 23.8 Å². The van der Waals surface area contributed by atoms with Crippen molar-refractivity contribution in [2.45, 2.75) is 25.5 Å². The Hall–Kier alpha value is -1.72. The molecule has 1 aromatic carbocycles. The van der Waals surface area contributed by atoms with Crippen molar-refractivity contribution in [2.75, 3.05) is 20.3 Å². The smallest absolute Gasteiger partial charge is 0.252 e. The van der Waals surface area contributed by atoms with Crippen LogP contribution < -0.4 is 5.32 Å². The van der Waals surface area contributed by atoms with Gasteiger partial charge < -0.3 is 14.8 Å². The van der Waals surface area contributed by atoms with Crippen molar-refractivity contribution in [3.05, 3.63) is 35.4 Å². The lowest BCUT2D eigenvalue weighted by Gasteiger charge is -2.31. The monoisotopic (exact) mass is 277 g/mol. The molecule has 1 saturated heterocycles. The average molecular weight is 277 g/mol. The molecule has 0 spiro atoms. The van der Waals surface area contributed by atoms with Gasteiger partial charge in [-0.05, 0) is 19.4 Å². The quantitative estimate of drug-likeness (QED) is 0.845. The third-order valence-electron chi connectivity index (χ3n) is 3.47. The van der Waals surface area contributed by atoms with E-state index in [4.69, 9.17) is 9.47 Å². The molecule has 1 heterocycles. The van der Waals surface area contributed by atoms with E-state index in [1.54, 1.807) is 31.4 Å². The predicted molar refractivity (Wildman–Crippen MR) is 73.9 cm³/mol. The van der Waals surface area contributed by atoms with Crippen molar-refractivity contribution in [1.29, 1.82) is 0 Å². The molecule has 20 heavy (non-hydrogen) atoms. The van der Waals surface area contributed by atoms with Gasteiger partial charge in [-0.2, -0.15) is 0 Å². The first-order valence-corrected chi connectivity index (χ1v) is 6.65. The number of nitrogens with one attached hydrogen (secondary N) is 1. The Bertz CT molecular complexity index is 500. The maximum absolute atomic E-state index is 12.3. The normalized spacial score (nSPS) is 22.3. The van der Waals surface area contributed by atoms with Crippen LogP contribution in [-0.2, 0) is 9.47 Å². The molecule has 108 valence electrons. The molecule has 0 saturated carbocycles. The molecule has 1 aromatic rings. The van der Waals surface area contributed by atoms with Gasteiger partial charge in [-0.1, -0.05) is 18.2 Å². The molecule has 2 atom stereocenters. The van der Waals surface area contributed by atoms with Crippen molar-refractivity contribution in [3.63, 3.8) is 0 Å². The number of methoxy groups -OCH3 is 1. The Morgan fingerprint density at radius 1 is 1.30 bits per heavy atom. The van der Waals surface area contributed by atoms with Crippen molar-refractivity contribution in [1.82, 2.24) is 5.32 Å². The summed E-state index contributed by atoms with van der Waals surface area (Å²) in [6, 6.07) is 6.72. The summed E-state index contributed by atoms with van der Waals surface area (Å²) in [7, 11) is 1.60. The van der Waals surface area contributed by atoms with Gasteiger partial charge in [-0.15, -0.1) is 0 Å². The molecule has 1 fully saturated rings. The first kappa shape index (κ1) is 14.7. The van der Waals surface area contributed by atoms with Crippen molar-refractivity contribution in [2.24, 2.45) is 0 Å². The summed E-state index contributed by atoms with van der Waals surface area (Å²) >= 11 is 0. The molecule has 1 N–H and O–H groups in total. The number of benzene rings is 1. The predicted octanol–water partition coefficient (Wildman–Crippen LogP) is 1.42. The van der Waals surface area contributed by atoms with E-state index in [9.17, 15) is 9.59 Å². The van der Waals surface area contributed by atoms with E-state index in [1.807, 2.05) is 0 Å². The maximum atomic E-state index is 12.3. The lowest BCUT2D eigenvalue weighted by molar-refractivity contribution is -0.0479. The van der Waals surface area contributed by atoms with Crippen LogP contribution in [0.2, 0.25) is 0 Å². The minimum atomic E-state index is -0.246. The van der Waals surface area contributed by atoms with E-state index < -0.39 is 0 Å². The lowest BCUT2D eigenvalue weighted by Crippen LogP contribution is -2.49. The van der Waals surface area contributed by atoms with E-state index in [0.29, 0.717) is 30.8 Å². The highest BCUT2D eigenvalue weighted by Gasteiger charge is 2.28. The van der Waals surface area contributed by atoms with Crippen LogP contribution in [0, 0.1) is 0 Å². The van der Waals surface area contributed by atoms with Gasteiger partial charge in [0.1, 0.15) is 6.10 Å². The van der Waals surface area contributed by atoms with Crippen molar-refractivity contribution < 1.29 is 19.1 Å². The van der Waals surface area contributed by atoms with Crippen LogP contribution in [0.25, 0.3) is 0 Å². The molecule has 1 aliphatic rings. The number of hydrogen-bond donors (Lipinski definition) is 1. The Labute approximate surface area is 118 Å². The van der Waals surface area contributed by atoms with Gasteiger partial charge in [-0.25, -0.2) is 0 Å². The second-order valence-electron chi connectivity index (χ2n) is 4.82. The molecule has 5 heteroatoms. The summed E-state index contributed by atoms with van der Waals surface area (Å²) < 4.78 is 10.6. The number of Topliss-reactive ketones (excluding diaryl/α,β-unsaturated/α-hetero) is 1. The van der Waals surface area contributed by atoms with Crippen LogP contribution in [0.3, 0.4) is 0 Å². The summed E-state index contributed by atoms with van der Waals surface area (Å²) in [5, 5.41) is 2.94. The van der Waals surface area contributed by atoms with Crippen LogP contribution in [0.1, 0.15) is 34.1 Å². The summed E-state index contributed by atoms with van der Waals surface area (Å²) in [6.07, 6.45) is 0.545. The summed E-state index contributed by atoms with van der Waals surface area (Å²) in [5.74, 6) is -0.365. The second kappa shape index (κ2) is 6.63. The molecule has 0 bridgehead atoms. The molecule has 2 rings (SSSR count). The summed E-state index contributed by atoms with van der Waals surface area (Å²) in [5.41, 5.74) is 0.840. The highest BCUT2D eigenvalue weighted by molar-refractivity contribution is 6.07. The Morgan fingerprint density at radius 3 is 2.65 bits per heavy atom. The molecule has 0 unspecified atom stereocenters. The molecule has 1 amide bonds. The zero-order valence-corrected chi connectivity index (χ0v) is 11.7. The average Bonchev–Trinajstić information content (AvgIpc) is 2.47. The fraction of sp³-hybridized carbons (Fsp3) is 0.467. The second-order valence-corrected chi connectivity index (χ2v) is 4.82. The molecule has 1 aliphatic heterocycles. The number of amides is 1. The molecule has 0 aromatic heterocycles. The highest BCUT2D eigenvalue weighted by Crippen LogP contribution is 2.14. The Balaban J connectivity index is 2.13. The highest BCUT2D eigenvalue weighted by atomic mass is 16.5. The standard InChI is InChI=1S/C15H19NO4/c1-10(17)11-5-3-4-6-12(11)15(18)16-13-7-8-20-9-14(13)19-2/h3-6,13-14H,7-9H2,1-2H3,(H,16,18)/t13-,14-/m1/s1. The fourth-order valence-corrected chi connectivity index (χ4v) is 2.34. The minimum absolute atomic E-state index is 0.0961. The van der Waals surface area contributed by atoms with Gasteiger partial charge in [0.15, 0.2) is 5.78 Å². The summed E-state index contributed by atoms with van der Waals surface area (Å²) in [4.78, 5) is 23.9. The van der Waals surface area contributed by atoms with Crippen LogP contribution in [0.4, 0.5) is 0 Å². The Kier molecular flexibility index (Phi) is 4.87. The van der Waals surface area contributed by atoms with Crippen molar-refractivity contribution in [3.8, 4) is 0 Å². The molecular formula is C15H19NO4. The van der Waals surface area contributed by atoms with Gasteiger partial charge in [0.2, 0.25) is 0 Å². The van der Waals surface area contributed by atoms with E-state index >= 15 is 0 Å². The molecular weight excluding hydrogens is 258 g/mol. The molecule has 0 aliphatic carbocycles. The number of carbonyl (C=O) groups excluding carboxylic acids is 2. The third kappa shape index (κ3) is 3.23. The van der Waals surface area contributed by atoms with E-state index in [0.717, 1.165) is 0 Å². The number of ketones is 1. The van der Waals surface area contributed by atoms with Gasteiger partial charge in [0.25, 0.3) is 5.91 Å². The zero-order chi connectivity index (χ0) is 14.5. The van der Waals surface area contributed by atoms with E-state index in [1.165, 1.54) is 6.92 Å². The lowest BCUT2D eigenvalue weighted by atomic mass is 10.0. The van der Waals surface area contributed by atoms with Gasteiger partial charge in [0, 0.05) is 19.3 Å². The van der Waals surface area contributed by atoms with Crippen molar-refractivity contribution >= 4 is 11.7 Å². The van der Waals surface area contributed by atoms with Crippen LogP contribution in [-0.4, -0.2) is 44.2 Å². The van der Waals surface area contributed by atoms with Gasteiger partial charge in [0.05, 0.1) is 18.2 Å². The largest absolute Gasteiger partial charge is 0.379 e. The molecule has 0 radical (unpaired) electrons. The number of ether oxygens (including phenoxy) is 2. The maximum Gasteiger partial charge on any atom is 0.252 e. The first-order valence-electron chi connectivity index (χ1n) is 6.65. The molecule has 5 nitrogen and oxygen atoms in total. The Morgan fingerprint density at radius 2 is 2.00 bits per heavy atom. The van der Waals surface area contributed by atoms with Gasteiger partial charge in [-0.3, -0.25) is 9.59 Å².